The molecule has 3 atom stereocenters. The highest BCUT2D eigenvalue weighted by Gasteiger charge is 2.36. The van der Waals surface area contributed by atoms with Gasteiger partial charge in [-0.25, -0.2) is 4.79 Å². The maximum absolute atomic E-state index is 12.2. The molecule has 0 spiro atoms. The highest BCUT2D eigenvalue weighted by molar-refractivity contribution is 5.68. The Bertz CT molecular complexity index is 239. The lowest BCUT2D eigenvalue weighted by molar-refractivity contribution is 0.0170. The standard InChI is InChI=1S/C14H27NO2/c1-6-12-8-11(5)9-13(7-2)15(12)14(16)17-10(3)4/h10-13H,6-9H2,1-5H3/t11?,12-,13+. The molecule has 0 N–H and O–H groups in total. The average Bonchev–Trinajstić information content (AvgIpc) is 2.26. The van der Waals surface area contributed by atoms with E-state index in [1.165, 1.54) is 0 Å². The molecule has 0 saturated carbocycles. The summed E-state index contributed by atoms with van der Waals surface area (Å²) in [6, 6.07) is 0.713. The van der Waals surface area contributed by atoms with Gasteiger partial charge in [0.2, 0.25) is 0 Å². The summed E-state index contributed by atoms with van der Waals surface area (Å²) >= 11 is 0. The van der Waals surface area contributed by atoms with Crippen molar-refractivity contribution < 1.29 is 9.53 Å². The second-order valence-corrected chi connectivity index (χ2v) is 5.54. The van der Waals surface area contributed by atoms with Crippen molar-refractivity contribution in [2.75, 3.05) is 0 Å². The van der Waals surface area contributed by atoms with E-state index in [0.29, 0.717) is 18.0 Å². The van der Waals surface area contributed by atoms with Crippen LogP contribution >= 0.6 is 0 Å². The second kappa shape index (κ2) is 6.27. The van der Waals surface area contributed by atoms with Crippen molar-refractivity contribution in [1.29, 1.82) is 0 Å². The lowest BCUT2D eigenvalue weighted by Crippen LogP contribution is -2.52. The maximum atomic E-state index is 12.2. The Balaban J connectivity index is 2.78. The molecular weight excluding hydrogens is 214 g/mol. The van der Waals surface area contributed by atoms with Gasteiger partial charge in [-0.1, -0.05) is 20.8 Å². The van der Waals surface area contributed by atoms with Crippen LogP contribution in [-0.2, 0) is 4.74 Å². The fourth-order valence-corrected chi connectivity index (χ4v) is 2.84. The summed E-state index contributed by atoms with van der Waals surface area (Å²) in [6.07, 6.45) is 4.12. The summed E-state index contributed by atoms with van der Waals surface area (Å²) in [5.41, 5.74) is 0. The van der Waals surface area contributed by atoms with Crippen LogP contribution in [0.25, 0.3) is 0 Å². The minimum atomic E-state index is -0.120. The lowest BCUT2D eigenvalue weighted by Gasteiger charge is -2.43. The molecule has 1 rings (SSSR count). The molecule has 1 saturated heterocycles. The Hall–Kier alpha value is -0.730. The van der Waals surface area contributed by atoms with Crippen LogP contribution in [0, 0.1) is 5.92 Å². The Labute approximate surface area is 106 Å². The molecule has 17 heavy (non-hydrogen) atoms. The first kappa shape index (κ1) is 14.3. The number of hydrogen-bond donors (Lipinski definition) is 0. The molecule has 1 fully saturated rings. The second-order valence-electron chi connectivity index (χ2n) is 5.54. The van der Waals surface area contributed by atoms with Gasteiger partial charge in [0.05, 0.1) is 6.10 Å². The van der Waals surface area contributed by atoms with Gasteiger partial charge in [-0.15, -0.1) is 0 Å². The maximum Gasteiger partial charge on any atom is 0.410 e. The van der Waals surface area contributed by atoms with Crippen LogP contribution < -0.4 is 0 Å². The van der Waals surface area contributed by atoms with E-state index in [4.69, 9.17) is 4.74 Å². The van der Waals surface area contributed by atoms with Crippen LogP contribution in [0.4, 0.5) is 4.79 Å². The quantitative estimate of drug-likeness (QED) is 0.751. The zero-order valence-corrected chi connectivity index (χ0v) is 11.9. The molecule has 0 aromatic carbocycles. The Morgan fingerprint density at radius 1 is 1.24 bits per heavy atom. The van der Waals surface area contributed by atoms with E-state index < -0.39 is 0 Å². The van der Waals surface area contributed by atoms with Gasteiger partial charge in [0.25, 0.3) is 0 Å². The fourth-order valence-electron chi connectivity index (χ4n) is 2.84. The minimum absolute atomic E-state index is 0.0307. The number of amides is 1. The largest absolute Gasteiger partial charge is 0.447 e. The summed E-state index contributed by atoms with van der Waals surface area (Å²) in [6.45, 7) is 10.4. The number of rotatable bonds is 3. The van der Waals surface area contributed by atoms with Crippen LogP contribution in [0.3, 0.4) is 0 Å². The first-order chi connectivity index (χ1) is 7.99. The number of carbonyl (C=O) groups excluding carboxylic acids is 1. The molecule has 1 aliphatic heterocycles. The molecule has 0 bridgehead atoms. The van der Waals surface area contributed by atoms with Gasteiger partial charge in [-0.2, -0.15) is 0 Å². The third-order valence-electron chi connectivity index (χ3n) is 3.63. The van der Waals surface area contributed by atoms with E-state index in [1.807, 2.05) is 18.7 Å². The monoisotopic (exact) mass is 241 g/mol. The Morgan fingerprint density at radius 2 is 1.71 bits per heavy atom. The number of ether oxygens (including phenoxy) is 1. The van der Waals surface area contributed by atoms with Crippen molar-refractivity contribution >= 4 is 6.09 Å². The normalized spacial score (nSPS) is 29.5. The van der Waals surface area contributed by atoms with E-state index in [-0.39, 0.29) is 12.2 Å². The van der Waals surface area contributed by atoms with Gasteiger partial charge in [0.15, 0.2) is 0 Å². The van der Waals surface area contributed by atoms with Gasteiger partial charge < -0.3 is 9.64 Å². The predicted octanol–water partition coefficient (Wildman–Crippen LogP) is 3.82. The van der Waals surface area contributed by atoms with Crippen molar-refractivity contribution in [3.63, 3.8) is 0 Å². The van der Waals surface area contributed by atoms with Gasteiger partial charge >= 0.3 is 6.09 Å². The SMILES string of the molecule is CC[C@@H]1CC(C)C[C@H](CC)N1C(=O)OC(C)C. The molecule has 0 radical (unpaired) electrons. The van der Waals surface area contributed by atoms with E-state index >= 15 is 0 Å². The van der Waals surface area contributed by atoms with Crippen molar-refractivity contribution in [2.45, 2.75) is 78.5 Å². The van der Waals surface area contributed by atoms with Crippen molar-refractivity contribution in [3.05, 3.63) is 0 Å². The summed E-state index contributed by atoms with van der Waals surface area (Å²) in [7, 11) is 0. The molecule has 3 heteroatoms. The molecule has 1 heterocycles. The van der Waals surface area contributed by atoms with E-state index in [2.05, 4.69) is 20.8 Å². The van der Waals surface area contributed by atoms with E-state index in [9.17, 15) is 4.79 Å². The molecule has 100 valence electrons. The van der Waals surface area contributed by atoms with Crippen LogP contribution in [0.15, 0.2) is 0 Å². The number of likely N-dealkylation sites (tertiary alicyclic amines) is 1. The smallest absolute Gasteiger partial charge is 0.410 e. The minimum Gasteiger partial charge on any atom is -0.447 e. The molecule has 0 aliphatic carbocycles. The number of hydrogen-bond acceptors (Lipinski definition) is 2. The van der Waals surface area contributed by atoms with Crippen LogP contribution in [-0.4, -0.2) is 29.2 Å². The van der Waals surface area contributed by atoms with Gasteiger partial charge in [0.1, 0.15) is 0 Å². The number of nitrogens with zero attached hydrogens (tertiary/aromatic N) is 1. The molecule has 1 unspecified atom stereocenters. The van der Waals surface area contributed by atoms with Crippen LogP contribution in [0.1, 0.15) is 60.3 Å². The summed E-state index contributed by atoms with van der Waals surface area (Å²) in [4.78, 5) is 14.2. The van der Waals surface area contributed by atoms with Crippen molar-refractivity contribution in [3.8, 4) is 0 Å². The fraction of sp³-hybridized carbons (Fsp3) is 0.929. The van der Waals surface area contributed by atoms with Crippen LogP contribution in [0.2, 0.25) is 0 Å². The van der Waals surface area contributed by atoms with Crippen molar-refractivity contribution in [1.82, 2.24) is 4.90 Å². The molecular formula is C14H27NO2. The zero-order valence-electron chi connectivity index (χ0n) is 11.9. The van der Waals surface area contributed by atoms with E-state index in [1.54, 1.807) is 0 Å². The molecule has 3 nitrogen and oxygen atoms in total. The van der Waals surface area contributed by atoms with Crippen molar-refractivity contribution in [2.24, 2.45) is 5.92 Å². The summed E-state index contributed by atoms with van der Waals surface area (Å²) in [5.74, 6) is 0.716. The van der Waals surface area contributed by atoms with Gasteiger partial charge in [-0.05, 0) is 45.4 Å². The van der Waals surface area contributed by atoms with E-state index in [0.717, 1.165) is 25.7 Å². The Kier molecular flexibility index (Phi) is 5.29. The molecule has 0 aromatic heterocycles. The van der Waals surface area contributed by atoms with Crippen LogP contribution in [0.5, 0.6) is 0 Å². The number of piperidine rings is 1. The summed E-state index contributed by atoms with van der Waals surface area (Å²) < 4.78 is 5.38. The molecule has 1 amide bonds. The predicted molar refractivity (Wildman–Crippen MR) is 70.0 cm³/mol. The van der Waals surface area contributed by atoms with Gasteiger partial charge in [0, 0.05) is 12.1 Å². The Morgan fingerprint density at radius 3 is 2.06 bits per heavy atom. The third kappa shape index (κ3) is 3.62. The average molecular weight is 241 g/mol. The van der Waals surface area contributed by atoms with Gasteiger partial charge in [-0.3, -0.25) is 0 Å². The first-order valence-corrected chi connectivity index (χ1v) is 6.98. The molecule has 1 aliphatic rings. The highest BCUT2D eigenvalue weighted by atomic mass is 16.6. The summed E-state index contributed by atoms with van der Waals surface area (Å²) in [5, 5.41) is 0. The number of carbonyl (C=O) groups is 1. The first-order valence-electron chi connectivity index (χ1n) is 6.98. The lowest BCUT2D eigenvalue weighted by atomic mass is 9.85. The molecule has 0 aromatic rings. The third-order valence-corrected chi connectivity index (χ3v) is 3.63. The zero-order chi connectivity index (χ0) is 13.0. The topological polar surface area (TPSA) is 29.5 Å². The highest BCUT2D eigenvalue weighted by Crippen LogP contribution is 2.31.